The molecular weight excluding hydrogens is 328 g/mol. The quantitative estimate of drug-likeness (QED) is 0.816. The van der Waals surface area contributed by atoms with Crippen molar-refractivity contribution in [2.24, 2.45) is 0 Å². The number of hydrogen-bond donors (Lipinski definition) is 2. The molecule has 0 amide bonds. The van der Waals surface area contributed by atoms with Crippen LogP contribution in [0, 0.1) is 0 Å². The fraction of sp³-hybridized carbons (Fsp3) is 0.294. The molecule has 0 spiro atoms. The second-order valence-electron chi connectivity index (χ2n) is 5.48. The second kappa shape index (κ2) is 7.05. The lowest BCUT2D eigenvalue weighted by Crippen LogP contribution is -2.38. The minimum Gasteiger partial charge on any atom is -0.308 e. The molecule has 0 aliphatic carbocycles. The third-order valence-electron chi connectivity index (χ3n) is 4.06. The van der Waals surface area contributed by atoms with Crippen molar-refractivity contribution in [2.75, 3.05) is 19.3 Å². The van der Waals surface area contributed by atoms with E-state index in [1.807, 2.05) is 30.5 Å². The zero-order valence-electron chi connectivity index (χ0n) is 13.0. The van der Waals surface area contributed by atoms with E-state index < -0.39 is 10.0 Å². The molecule has 1 aliphatic heterocycles. The lowest BCUT2D eigenvalue weighted by molar-refractivity contribution is 0.491. The van der Waals surface area contributed by atoms with Crippen molar-refractivity contribution in [1.82, 2.24) is 10.0 Å². The lowest BCUT2D eigenvalue weighted by Gasteiger charge is -2.27. The Morgan fingerprint density at radius 3 is 2.65 bits per heavy atom. The van der Waals surface area contributed by atoms with Gasteiger partial charge in [0.1, 0.15) is 0 Å². The van der Waals surface area contributed by atoms with Gasteiger partial charge in [-0.25, -0.2) is 13.1 Å². The molecule has 2 aromatic carbocycles. The molecule has 122 valence electrons. The van der Waals surface area contributed by atoms with Crippen molar-refractivity contribution >= 4 is 21.8 Å². The first-order chi connectivity index (χ1) is 11.1. The summed E-state index contributed by atoms with van der Waals surface area (Å²) in [6.45, 7) is 1.22. The lowest BCUT2D eigenvalue weighted by atomic mass is 9.95. The number of benzene rings is 2. The number of sulfonamides is 1. The number of nitrogens with one attached hydrogen (secondary N) is 2. The minimum atomic E-state index is -3.49. The molecule has 0 radical (unpaired) electrons. The van der Waals surface area contributed by atoms with Crippen molar-refractivity contribution < 1.29 is 8.42 Å². The van der Waals surface area contributed by atoms with E-state index in [1.165, 1.54) is 11.1 Å². The summed E-state index contributed by atoms with van der Waals surface area (Å²) in [5.74, 6) is 0. The highest BCUT2D eigenvalue weighted by Gasteiger charge is 2.22. The standard InChI is InChI=1S/C17H20N2O2S2/c1-22-14-6-8-15(9-7-14)23(20,21)19-12-17-16-5-3-2-4-13(16)10-11-18-17/h2-9,17-19H,10-12H2,1H3. The van der Waals surface area contributed by atoms with Crippen LogP contribution in [0.3, 0.4) is 0 Å². The highest BCUT2D eigenvalue weighted by atomic mass is 32.2. The molecule has 2 aromatic rings. The Morgan fingerprint density at radius 1 is 1.17 bits per heavy atom. The van der Waals surface area contributed by atoms with Crippen LogP contribution in [0.4, 0.5) is 0 Å². The van der Waals surface area contributed by atoms with Crippen LogP contribution in [-0.2, 0) is 16.4 Å². The SMILES string of the molecule is CSc1ccc(S(=O)(=O)NCC2NCCc3ccccc32)cc1. The second-order valence-corrected chi connectivity index (χ2v) is 8.13. The molecule has 0 saturated heterocycles. The molecule has 4 nitrogen and oxygen atoms in total. The number of thioether (sulfide) groups is 1. The van der Waals surface area contributed by atoms with Gasteiger partial charge < -0.3 is 5.32 Å². The summed E-state index contributed by atoms with van der Waals surface area (Å²) in [5, 5.41) is 3.39. The van der Waals surface area contributed by atoms with Crippen molar-refractivity contribution in [3.05, 3.63) is 59.7 Å². The van der Waals surface area contributed by atoms with Crippen LogP contribution in [0.5, 0.6) is 0 Å². The normalized spacial score (nSPS) is 17.7. The fourth-order valence-corrected chi connectivity index (χ4v) is 4.26. The summed E-state index contributed by atoms with van der Waals surface area (Å²) in [6, 6.07) is 15.2. The Labute approximate surface area is 141 Å². The molecular formula is C17H20N2O2S2. The third-order valence-corrected chi connectivity index (χ3v) is 6.25. The molecule has 0 saturated carbocycles. The van der Waals surface area contributed by atoms with Gasteiger partial charge in [-0.3, -0.25) is 0 Å². The first kappa shape index (κ1) is 16.5. The molecule has 6 heteroatoms. The first-order valence-electron chi connectivity index (χ1n) is 7.55. The van der Waals surface area contributed by atoms with E-state index in [9.17, 15) is 8.42 Å². The molecule has 0 bridgehead atoms. The number of hydrogen-bond acceptors (Lipinski definition) is 4. The largest absolute Gasteiger partial charge is 0.308 e. The zero-order valence-corrected chi connectivity index (χ0v) is 14.6. The van der Waals surface area contributed by atoms with Gasteiger partial charge in [0, 0.05) is 17.5 Å². The molecule has 1 atom stereocenters. The van der Waals surface area contributed by atoms with Crippen molar-refractivity contribution in [3.63, 3.8) is 0 Å². The van der Waals surface area contributed by atoms with Gasteiger partial charge in [0.15, 0.2) is 0 Å². The predicted octanol–water partition coefficient (Wildman–Crippen LogP) is 2.57. The van der Waals surface area contributed by atoms with Gasteiger partial charge in [-0.1, -0.05) is 24.3 Å². The van der Waals surface area contributed by atoms with Gasteiger partial charge in [0.25, 0.3) is 0 Å². The van der Waals surface area contributed by atoms with Crippen LogP contribution < -0.4 is 10.0 Å². The molecule has 3 rings (SSSR count). The molecule has 2 N–H and O–H groups in total. The third kappa shape index (κ3) is 3.77. The Morgan fingerprint density at radius 2 is 1.91 bits per heavy atom. The Balaban J connectivity index is 1.72. The van der Waals surface area contributed by atoms with Crippen LogP contribution in [-0.4, -0.2) is 27.8 Å². The van der Waals surface area contributed by atoms with E-state index in [0.717, 1.165) is 17.9 Å². The van der Waals surface area contributed by atoms with Crippen molar-refractivity contribution in [3.8, 4) is 0 Å². The Hall–Kier alpha value is -1.34. The van der Waals surface area contributed by atoms with Gasteiger partial charge in [-0.05, 0) is 54.6 Å². The summed E-state index contributed by atoms with van der Waals surface area (Å²) >= 11 is 1.59. The summed E-state index contributed by atoms with van der Waals surface area (Å²) in [4.78, 5) is 1.35. The first-order valence-corrected chi connectivity index (χ1v) is 10.3. The topological polar surface area (TPSA) is 58.2 Å². The van der Waals surface area contributed by atoms with E-state index in [0.29, 0.717) is 11.4 Å². The number of rotatable bonds is 5. The smallest absolute Gasteiger partial charge is 0.240 e. The Kier molecular flexibility index (Phi) is 5.06. The predicted molar refractivity (Wildman–Crippen MR) is 94.3 cm³/mol. The molecule has 0 fully saturated rings. The highest BCUT2D eigenvalue weighted by molar-refractivity contribution is 7.98. The van der Waals surface area contributed by atoms with E-state index in [2.05, 4.69) is 22.2 Å². The summed E-state index contributed by atoms with van der Waals surface area (Å²) in [6.07, 6.45) is 2.95. The van der Waals surface area contributed by atoms with Crippen LogP contribution in [0.2, 0.25) is 0 Å². The van der Waals surface area contributed by atoms with Crippen LogP contribution in [0.1, 0.15) is 17.2 Å². The van der Waals surface area contributed by atoms with Crippen LogP contribution in [0.15, 0.2) is 58.3 Å². The molecule has 1 heterocycles. The van der Waals surface area contributed by atoms with Gasteiger partial charge in [0.05, 0.1) is 4.90 Å². The maximum Gasteiger partial charge on any atom is 0.240 e. The average Bonchev–Trinajstić information content (AvgIpc) is 2.60. The minimum absolute atomic E-state index is 0.0141. The van der Waals surface area contributed by atoms with Gasteiger partial charge >= 0.3 is 0 Å². The summed E-state index contributed by atoms with van der Waals surface area (Å²) in [5.41, 5.74) is 2.47. The van der Waals surface area contributed by atoms with E-state index in [1.54, 1.807) is 23.9 Å². The highest BCUT2D eigenvalue weighted by Crippen LogP contribution is 2.23. The van der Waals surface area contributed by atoms with E-state index >= 15 is 0 Å². The van der Waals surface area contributed by atoms with Crippen LogP contribution in [0.25, 0.3) is 0 Å². The maximum atomic E-state index is 12.4. The zero-order chi connectivity index (χ0) is 16.3. The Bertz CT molecular complexity index is 773. The van der Waals surface area contributed by atoms with E-state index in [4.69, 9.17) is 0 Å². The summed E-state index contributed by atoms with van der Waals surface area (Å²) in [7, 11) is -3.49. The van der Waals surface area contributed by atoms with Gasteiger partial charge in [-0.15, -0.1) is 11.8 Å². The molecule has 23 heavy (non-hydrogen) atoms. The van der Waals surface area contributed by atoms with E-state index in [-0.39, 0.29) is 6.04 Å². The van der Waals surface area contributed by atoms with Crippen molar-refractivity contribution in [1.29, 1.82) is 0 Å². The molecule has 0 aromatic heterocycles. The fourth-order valence-electron chi connectivity index (χ4n) is 2.81. The van der Waals surface area contributed by atoms with Gasteiger partial charge in [0.2, 0.25) is 10.0 Å². The number of fused-ring (bicyclic) bond motifs is 1. The maximum absolute atomic E-state index is 12.4. The summed E-state index contributed by atoms with van der Waals surface area (Å²) < 4.78 is 27.6. The van der Waals surface area contributed by atoms with Crippen LogP contribution >= 0.6 is 11.8 Å². The molecule has 1 unspecified atom stereocenters. The van der Waals surface area contributed by atoms with Gasteiger partial charge in [-0.2, -0.15) is 0 Å². The monoisotopic (exact) mass is 348 g/mol. The van der Waals surface area contributed by atoms with Crippen molar-refractivity contribution in [2.45, 2.75) is 22.3 Å². The molecule has 1 aliphatic rings. The average molecular weight is 348 g/mol.